The second-order valence-corrected chi connectivity index (χ2v) is 3.77. The van der Waals surface area contributed by atoms with Crippen LogP contribution in [0, 0.1) is 0 Å². The summed E-state index contributed by atoms with van der Waals surface area (Å²) in [6.07, 6.45) is 1.66. The monoisotopic (exact) mass is 194 g/mol. The summed E-state index contributed by atoms with van der Waals surface area (Å²) in [5.41, 5.74) is 5.99. The molecule has 5 heteroatoms. The molecule has 2 N–H and O–H groups in total. The van der Waals surface area contributed by atoms with Crippen LogP contribution in [-0.4, -0.2) is 14.8 Å². The summed E-state index contributed by atoms with van der Waals surface area (Å²) in [7, 11) is 1.89. The zero-order valence-electron chi connectivity index (χ0n) is 7.21. The summed E-state index contributed by atoms with van der Waals surface area (Å²) in [5.74, 6) is 0.794. The van der Waals surface area contributed by atoms with Gasteiger partial charge < -0.3 is 10.3 Å². The minimum Gasteiger partial charge on any atom is -0.319 e. The third kappa shape index (κ3) is 1.48. The van der Waals surface area contributed by atoms with Crippen LogP contribution in [0.3, 0.4) is 0 Å². The molecule has 0 fully saturated rings. The summed E-state index contributed by atoms with van der Waals surface area (Å²) in [4.78, 5) is 1.11. The molecule has 4 nitrogen and oxygen atoms in total. The van der Waals surface area contributed by atoms with E-state index in [9.17, 15) is 0 Å². The van der Waals surface area contributed by atoms with Crippen LogP contribution in [0.1, 0.15) is 16.7 Å². The van der Waals surface area contributed by atoms with Gasteiger partial charge in [-0.3, -0.25) is 0 Å². The number of nitrogens with two attached hydrogens (primary N) is 1. The van der Waals surface area contributed by atoms with Crippen LogP contribution in [0.5, 0.6) is 0 Å². The van der Waals surface area contributed by atoms with Crippen molar-refractivity contribution in [2.24, 2.45) is 12.8 Å². The van der Waals surface area contributed by atoms with Gasteiger partial charge in [0.15, 0.2) is 5.82 Å². The molecule has 68 valence electrons. The molecule has 0 saturated heterocycles. The predicted octanol–water partition coefficient (Wildman–Crippen LogP) is 0.925. The molecule has 0 aliphatic rings. The van der Waals surface area contributed by atoms with Gasteiger partial charge in [0.05, 0.1) is 0 Å². The lowest BCUT2D eigenvalue weighted by molar-refractivity contribution is 0.723. The minimum absolute atomic E-state index is 0.160. The predicted molar refractivity (Wildman–Crippen MR) is 51.4 cm³/mol. The lowest BCUT2D eigenvalue weighted by atomic mass is 10.2. The first-order valence-corrected chi connectivity index (χ1v) is 4.80. The van der Waals surface area contributed by atoms with Crippen LogP contribution >= 0.6 is 11.3 Å². The number of hydrogen-bond acceptors (Lipinski definition) is 4. The molecular formula is C8H10N4S. The van der Waals surface area contributed by atoms with E-state index in [4.69, 9.17) is 5.73 Å². The van der Waals surface area contributed by atoms with E-state index in [0.29, 0.717) is 0 Å². The molecular weight excluding hydrogens is 184 g/mol. The Morgan fingerprint density at radius 3 is 3.00 bits per heavy atom. The molecule has 0 aromatic carbocycles. The second kappa shape index (κ2) is 3.27. The molecule has 0 radical (unpaired) electrons. The molecule has 0 aliphatic carbocycles. The Kier molecular flexibility index (Phi) is 2.12. The minimum atomic E-state index is -0.160. The second-order valence-electron chi connectivity index (χ2n) is 2.79. The van der Waals surface area contributed by atoms with Gasteiger partial charge in [0.2, 0.25) is 0 Å². The van der Waals surface area contributed by atoms with Crippen molar-refractivity contribution in [2.45, 2.75) is 6.04 Å². The van der Waals surface area contributed by atoms with Gasteiger partial charge in [-0.05, 0) is 11.4 Å². The summed E-state index contributed by atoms with van der Waals surface area (Å²) in [6.45, 7) is 0. The van der Waals surface area contributed by atoms with Crippen LogP contribution in [0.25, 0.3) is 0 Å². The van der Waals surface area contributed by atoms with Crippen LogP contribution in [0.15, 0.2) is 23.8 Å². The molecule has 0 amide bonds. The fraction of sp³-hybridized carbons (Fsp3) is 0.250. The molecule has 2 aromatic heterocycles. The van der Waals surface area contributed by atoms with Crippen molar-refractivity contribution in [3.63, 3.8) is 0 Å². The summed E-state index contributed by atoms with van der Waals surface area (Å²) in [5, 5.41) is 9.76. The molecule has 0 saturated carbocycles. The molecule has 0 spiro atoms. The Balaban J connectivity index is 2.33. The number of rotatable bonds is 2. The van der Waals surface area contributed by atoms with Gasteiger partial charge in [0, 0.05) is 11.9 Å². The average Bonchev–Trinajstić information content (AvgIpc) is 2.72. The van der Waals surface area contributed by atoms with Gasteiger partial charge in [0.1, 0.15) is 12.4 Å². The first kappa shape index (κ1) is 8.40. The molecule has 1 atom stereocenters. The van der Waals surface area contributed by atoms with Crippen LogP contribution < -0.4 is 5.73 Å². The van der Waals surface area contributed by atoms with Crippen LogP contribution in [0.2, 0.25) is 0 Å². The van der Waals surface area contributed by atoms with Gasteiger partial charge in [-0.15, -0.1) is 21.5 Å². The van der Waals surface area contributed by atoms with Crippen molar-refractivity contribution >= 4 is 11.3 Å². The zero-order chi connectivity index (χ0) is 9.26. The van der Waals surface area contributed by atoms with E-state index in [1.807, 2.05) is 29.1 Å². The van der Waals surface area contributed by atoms with Gasteiger partial charge in [-0.25, -0.2) is 0 Å². The average molecular weight is 194 g/mol. The van der Waals surface area contributed by atoms with Gasteiger partial charge in [0.25, 0.3) is 0 Å². The summed E-state index contributed by atoms with van der Waals surface area (Å²) >= 11 is 1.63. The molecule has 2 aromatic rings. The lowest BCUT2D eigenvalue weighted by Gasteiger charge is -2.07. The SMILES string of the molecule is Cn1cnnc1C(N)c1cccs1. The number of thiophene rings is 1. The molecule has 0 aliphatic heterocycles. The van der Waals surface area contributed by atoms with E-state index in [1.165, 1.54) is 0 Å². The Labute approximate surface area is 80.0 Å². The number of hydrogen-bond donors (Lipinski definition) is 1. The highest BCUT2D eigenvalue weighted by Crippen LogP contribution is 2.21. The van der Waals surface area contributed by atoms with Gasteiger partial charge in [-0.2, -0.15) is 0 Å². The molecule has 2 rings (SSSR count). The maximum atomic E-state index is 5.99. The van der Waals surface area contributed by atoms with Crippen LogP contribution in [0.4, 0.5) is 0 Å². The Morgan fingerprint density at radius 2 is 2.46 bits per heavy atom. The van der Waals surface area contributed by atoms with Crippen LogP contribution in [-0.2, 0) is 7.05 Å². The number of aromatic nitrogens is 3. The smallest absolute Gasteiger partial charge is 0.154 e. The third-order valence-electron chi connectivity index (χ3n) is 1.87. The Morgan fingerprint density at radius 1 is 1.62 bits per heavy atom. The van der Waals surface area contributed by atoms with E-state index in [0.717, 1.165) is 10.7 Å². The van der Waals surface area contributed by atoms with E-state index < -0.39 is 0 Å². The number of aryl methyl sites for hydroxylation is 1. The summed E-state index contributed by atoms with van der Waals surface area (Å²) < 4.78 is 1.84. The molecule has 0 bridgehead atoms. The zero-order valence-corrected chi connectivity index (χ0v) is 8.03. The van der Waals surface area contributed by atoms with Gasteiger partial charge >= 0.3 is 0 Å². The highest BCUT2D eigenvalue weighted by atomic mass is 32.1. The highest BCUT2D eigenvalue weighted by molar-refractivity contribution is 7.10. The normalized spacial score (nSPS) is 13.1. The Bertz CT molecular complexity index is 379. The van der Waals surface area contributed by atoms with Crippen molar-refractivity contribution in [1.82, 2.24) is 14.8 Å². The highest BCUT2D eigenvalue weighted by Gasteiger charge is 2.14. The van der Waals surface area contributed by atoms with E-state index in [2.05, 4.69) is 10.2 Å². The van der Waals surface area contributed by atoms with Crippen molar-refractivity contribution in [2.75, 3.05) is 0 Å². The number of nitrogens with zero attached hydrogens (tertiary/aromatic N) is 3. The van der Waals surface area contributed by atoms with Gasteiger partial charge in [-0.1, -0.05) is 6.07 Å². The quantitative estimate of drug-likeness (QED) is 0.773. The molecule has 13 heavy (non-hydrogen) atoms. The van der Waals surface area contributed by atoms with E-state index in [1.54, 1.807) is 17.7 Å². The first-order valence-electron chi connectivity index (χ1n) is 3.92. The van der Waals surface area contributed by atoms with E-state index in [-0.39, 0.29) is 6.04 Å². The molecule has 2 heterocycles. The largest absolute Gasteiger partial charge is 0.319 e. The maximum Gasteiger partial charge on any atom is 0.154 e. The van der Waals surface area contributed by atoms with E-state index >= 15 is 0 Å². The maximum absolute atomic E-state index is 5.99. The topological polar surface area (TPSA) is 56.7 Å². The fourth-order valence-electron chi connectivity index (χ4n) is 1.17. The first-order chi connectivity index (χ1) is 6.29. The standard InChI is InChI=1S/C8H10N4S/c1-12-5-10-11-8(12)7(9)6-3-2-4-13-6/h2-5,7H,9H2,1H3. The third-order valence-corrected chi connectivity index (χ3v) is 2.83. The lowest BCUT2D eigenvalue weighted by Crippen LogP contribution is -2.15. The van der Waals surface area contributed by atoms with Crippen molar-refractivity contribution in [1.29, 1.82) is 0 Å². The van der Waals surface area contributed by atoms with Crippen molar-refractivity contribution in [3.8, 4) is 0 Å². The van der Waals surface area contributed by atoms with Crippen molar-refractivity contribution in [3.05, 3.63) is 34.5 Å². The molecule has 1 unspecified atom stereocenters. The Hall–Kier alpha value is -1.20. The van der Waals surface area contributed by atoms with Crippen molar-refractivity contribution < 1.29 is 0 Å². The fourth-order valence-corrected chi connectivity index (χ4v) is 1.89. The summed E-state index contributed by atoms with van der Waals surface area (Å²) in [6, 6.07) is 3.83.